The van der Waals surface area contributed by atoms with E-state index in [-0.39, 0.29) is 6.04 Å². The lowest BCUT2D eigenvalue weighted by Gasteiger charge is -2.12. The van der Waals surface area contributed by atoms with Gasteiger partial charge in [-0.25, -0.2) is 0 Å². The summed E-state index contributed by atoms with van der Waals surface area (Å²) in [5.41, 5.74) is 8.66. The van der Waals surface area contributed by atoms with Crippen molar-refractivity contribution in [3.8, 4) is 0 Å². The Labute approximate surface area is 112 Å². The third-order valence-electron chi connectivity index (χ3n) is 3.48. The van der Waals surface area contributed by atoms with Crippen LogP contribution in [0.2, 0.25) is 0 Å². The zero-order valence-corrected chi connectivity index (χ0v) is 12.3. The molecule has 0 aliphatic heterocycles. The molecule has 17 heavy (non-hydrogen) atoms. The first-order valence-electron chi connectivity index (χ1n) is 6.65. The highest BCUT2D eigenvalue weighted by Crippen LogP contribution is 2.34. The van der Waals surface area contributed by atoms with E-state index in [1.54, 1.807) is 0 Å². The van der Waals surface area contributed by atoms with Gasteiger partial charge in [0.25, 0.3) is 0 Å². The van der Waals surface area contributed by atoms with Crippen molar-refractivity contribution in [3.05, 3.63) is 15.9 Å². The number of aromatic nitrogens is 2. The Morgan fingerprint density at radius 1 is 1.47 bits per heavy atom. The van der Waals surface area contributed by atoms with E-state index >= 15 is 0 Å². The highest BCUT2D eigenvalue weighted by atomic mass is 79.9. The first kappa shape index (κ1) is 13.1. The Morgan fingerprint density at radius 2 is 2.18 bits per heavy atom. The van der Waals surface area contributed by atoms with Crippen molar-refractivity contribution in [3.63, 3.8) is 0 Å². The van der Waals surface area contributed by atoms with Gasteiger partial charge in [0.2, 0.25) is 0 Å². The highest BCUT2D eigenvalue weighted by Gasteiger charge is 2.25. The molecule has 2 N–H and O–H groups in total. The van der Waals surface area contributed by atoms with Crippen LogP contribution in [0.15, 0.2) is 4.47 Å². The summed E-state index contributed by atoms with van der Waals surface area (Å²) in [5.74, 6) is 0.896. The molecule has 0 amide bonds. The van der Waals surface area contributed by atoms with Crippen molar-refractivity contribution in [1.82, 2.24) is 9.78 Å². The molecule has 0 saturated heterocycles. The molecular formula is C13H22BrN3. The molecule has 4 heteroatoms. The third-order valence-corrected chi connectivity index (χ3v) is 4.40. The molecule has 1 saturated carbocycles. The second-order valence-electron chi connectivity index (χ2n) is 5.02. The maximum absolute atomic E-state index is 6.23. The standard InChI is InChI=1S/C13H22BrN3/c1-3-11-13(14)12(17(4-2)16-11)8-10(15)7-9-5-6-9/h9-10H,3-8,15H2,1-2H3. The molecule has 2 rings (SSSR count). The molecule has 96 valence electrons. The Balaban J connectivity index is 2.09. The van der Waals surface area contributed by atoms with E-state index in [0.29, 0.717) is 0 Å². The van der Waals surface area contributed by atoms with Gasteiger partial charge in [-0.05, 0) is 41.6 Å². The molecular weight excluding hydrogens is 278 g/mol. The summed E-state index contributed by atoms with van der Waals surface area (Å²) in [5, 5.41) is 4.61. The molecule has 0 radical (unpaired) electrons. The van der Waals surface area contributed by atoms with Crippen molar-refractivity contribution < 1.29 is 0 Å². The maximum Gasteiger partial charge on any atom is 0.0766 e. The van der Waals surface area contributed by atoms with Crippen LogP contribution in [0.4, 0.5) is 0 Å². The van der Waals surface area contributed by atoms with Gasteiger partial charge in [0.1, 0.15) is 0 Å². The van der Waals surface area contributed by atoms with Crippen molar-refractivity contribution in [1.29, 1.82) is 0 Å². The third kappa shape index (κ3) is 3.10. The zero-order chi connectivity index (χ0) is 12.4. The van der Waals surface area contributed by atoms with Crippen molar-refractivity contribution in [2.45, 2.75) is 58.5 Å². The number of halogens is 1. The quantitative estimate of drug-likeness (QED) is 0.878. The largest absolute Gasteiger partial charge is 0.327 e. The van der Waals surface area contributed by atoms with E-state index in [1.807, 2.05) is 0 Å². The van der Waals surface area contributed by atoms with Crippen LogP contribution in [0.25, 0.3) is 0 Å². The van der Waals surface area contributed by atoms with Crippen LogP contribution in [0, 0.1) is 5.92 Å². The van der Waals surface area contributed by atoms with Gasteiger partial charge in [0.15, 0.2) is 0 Å². The fourth-order valence-corrected chi connectivity index (χ4v) is 3.05. The van der Waals surface area contributed by atoms with E-state index < -0.39 is 0 Å². The molecule has 1 aromatic rings. The SMILES string of the molecule is CCc1nn(CC)c(CC(N)CC2CC2)c1Br. The van der Waals surface area contributed by atoms with E-state index in [9.17, 15) is 0 Å². The summed E-state index contributed by atoms with van der Waals surface area (Å²) in [6.45, 7) is 5.19. The molecule has 1 unspecified atom stereocenters. The number of aryl methyl sites for hydroxylation is 2. The van der Waals surface area contributed by atoms with Crippen LogP contribution >= 0.6 is 15.9 Å². The Kier molecular flexibility index (Phi) is 4.26. The molecule has 0 bridgehead atoms. The maximum atomic E-state index is 6.23. The van der Waals surface area contributed by atoms with Gasteiger partial charge in [-0.1, -0.05) is 19.8 Å². The molecule has 3 nitrogen and oxygen atoms in total. The monoisotopic (exact) mass is 299 g/mol. The Hall–Kier alpha value is -0.350. The number of nitrogens with zero attached hydrogens (tertiary/aromatic N) is 2. The van der Waals surface area contributed by atoms with Crippen molar-refractivity contribution in [2.24, 2.45) is 11.7 Å². The summed E-state index contributed by atoms with van der Waals surface area (Å²) < 4.78 is 3.27. The zero-order valence-electron chi connectivity index (χ0n) is 10.7. The molecule has 1 fully saturated rings. The molecule has 1 aliphatic carbocycles. The van der Waals surface area contributed by atoms with Gasteiger partial charge < -0.3 is 5.73 Å². The highest BCUT2D eigenvalue weighted by molar-refractivity contribution is 9.10. The fourth-order valence-electron chi connectivity index (χ4n) is 2.33. The van der Waals surface area contributed by atoms with Crippen molar-refractivity contribution in [2.75, 3.05) is 0 Å². The lowest BCUT2D eigenvalue weighted by molar-refractivity contribution is 0.529. The first-order valence-corrected chi connectivity index (χ1v) is 7.44. The number of hydrogen-bond acceptors (Lipinski definition) is 2. The summed E-state index contributed by atoms with van der Waals surface area (Å²) in [4.78, 5) is 0. The van der Waals surface area contributed by atoms with Crippen LogP contribution in [0.1, 0.15) is 44.5 Å². The van der Waals surface area contributed by atoms with Gasteiger partial charge >= 0.3 is 0 Å². The van der Waals surface area contributed by atoms with Gasteiger partial charge in [-0.3, -0.25) is 4.68 Å². The number of rotatable bonds is 6. The van der Waals surface area contributed by atoms with Gasteiger partial charge in [0, 0.05) is 19.0 Å². The lowest BCUT2D eigenvalue weighted by Crippen LogP contribution is -2.25. The van der Waals surface area contributed by atoms with E-state index in [2.05, 4.69) is 39.6 Å². The predicted octanol–water partition coefficient (Wildman–Crippen LogP) is 2.90. The summed E-state index contributed by atoms with van der Waals surface area (Å²) >= 11 is 3.67. The fraction of sp³-hybridized carbons (Fsp3) is 0.769. The molecule has 1 aliphatic rings. The van der Waals surface area contributed by atoms with Gasteiger partial charge in [0.05, 0.1) is 15.9 Å². The molecule has 0 spiro atoms. The first-order chi connectivity index (χ1) is 8.15. The average molecular weight is 300 g/mol. The minimum atomic E-state index is 0.283. The van der Waals surface area contributed by atoms with E-state index in [0.717, 1.165) is 31.0 Å². The number of nitrogens with two attached hydrogens (primary N) is 1. The predicted molar refractivity (Wildman–Crippen MR) is 74.0 cm³/mol. The normalized spacial score (nSPS) is 17.4. The van der Waals surface area contributed by atoms with Crippen molar-refractivity contribution >= 4 is 15.9 Å². The second kappa shape index (κ2) is 5.53. The van der Waals surface area contributed by atoms with Crippen LogP contribution in [0.5, 0.6) is 0 Å². The second-order valence-corrected chi connectivity index (χ2v) is 5.81. The molecule has 1 heterocycles. The average Bonchev–Trinajstić information content (AvgIpc) is 3.06. The van der Waals surface area contributed by atoms with Crippen LogP contribution < -0.4 is 5.73 Å². The number of hydrogen-bond donors (Lipinski definition) is 1. The Bertz CT molecular complexity index is 382. The minimum absolute atomic E-state index is 0.283. The van der Waals surface area contributed by atoms with Gasteiger partial charge in [-0.15, -0.1) is 0 Å². The van der Waals surface area contributed by atoms with E-state index in [1.165, 1.54) is 29.4 Å². The van der Waals surface area contributed by atoms with Crippen LogP contribution in [-0.2, 0) is 19.4 Å². The van der Waals surface area contributed by atoms with E-state index in [4.69, 9.17) is 5.73 Å². The Morgan fingerprint density at radius 3 is 2.71 bits per heavy atom. The topological polar surface area (TPSA) is 43.8 Å². The molecule has 1 aromatic heterocycles. The summed E-state index contributed by atoms with van der Waals surface area (Å²) in [7, 11) is 0. The smallest absolute Gasteiger partial charge is 0.0766 e. The minimum Gasteiger partial charge on any atom is -0.327 e. The van der Waals surface area contributed by atoms with Crippen LogP contribution in [0.3, 0.4) is 0 Å². The lowest BCUT2D eigenvalue weighted by atomic mass is 10.1. The molecule has 1 atom stereocenters. The summed E-state index contributed by atoms with van der Waals surface area (Å²) in [6, 6.07) is 0.283. The van der Waals surface area contributed by atoms with Gasteiger partial charge in [-0.2, -0.15) is 5.10 Å². The molecule has 0 aromatic carbocycles. The summed E-state index contributed by atoms with van der Waals surface area (Å²) in [6.07, 6.45) is 5.84. The van der Waals surface area contributed by atoms with Crippen LogP contribution in [-0.4, -0.2) is 15.8 Å².